The molecular formula is C16H20N4O2. The molecule has 3 rings (SSSR count). The normalized spacial score (nSPS) is 13.8. The van der Waals surface area contributed by atoms with E-state index in [1.807, 2.05) is 27.8 Å². The van der Waals surface area contributed by atoms with E-state index in [2.05, 4.69) is 10.3 Å². The number of nitrogens with zero attached hydrogens (tertiary/aromatic N) is 3. The van der Waals surface area contributed by atoms with Gasteiger partial charge < -0.3 is 19.9 Å². The summed E-state index contributed by atoms with van der Waals surface area (Å²) in [6.45, 7) is 1.86. The van der Waals surface area contributed by atoms with Crippen LogP contribution in [0, 0.1) is 0 Å². The van der Waals surface area contributed by atoms with Crippen LogP contribution in [0.5, 0.6) is 5.75 Å². The minimum atomic E-state index is -0.0318. The Hall–Kier alpha value is -2.50. The lowest BCUT2D eigenvalue weighted by atomic mass is 10.2. The minimum absolute atomic E-state index is 0.0318. The maximum Gasteiger partial charge on any atom is 0.318 e. The molecule has 6 heteroatoms. The Morgan fingerprint density at radius 3 is 2.77 bits per heavy atom. The lowest BCUT2D eigenvalue weighted by Gasteiger charge is -2.23. The smallest absolute Gasteiger partial charge is 0.318 e. The molecule has 1 aliphatic carbocycles. The number of carbonyl (C=O) groups is 1. The van der Waals surface area contributed by atoms with Crippen LogP contribution in [0.15, 0.2) is 43.0 Å². The molecule has 0 saturated heterocycles. The summed E-state index contributed by atoms with van der Waals surface area (Å²) in [6, 6.07) is 7.31. The number of carbonyl (C=O) groups excluding carboxylic acids is 1. The number of hydrogen-bond acceptors (Lipinski definition) is 3. The van der Waals surface area contributed by atoms with Gasteiger partial charge in [-0.25, -0.2) is 9.78 Å². The Kier molecular flexibility index (Phi) is 4.27. The van der Waals surface area contributed by atoms with Gasteiger partial charge in [0.25, 0.3) is 0 Å². The standard InChI is InChI=1S/C16H20N4O2/c21-15-5-1-13(2-6-15)11-20(14-3-4-14)16(22)18-8-10-19-9-7-17-12-19/h1-2,5-7,9,12,14,21H,3-4,8,10-11H2,(H,18,22). The highest BCUT2D eigenvalue weighted by atomic mass is 16.3. The van der Waals surface area contributed by atoms with Crippen molar-refractivity contribution in [3.8, 4) is 5.75 Å². The molecule has 2 amide bonds. The number of benzene rings is 1. The number of rotatable bonds is 6. The van der Waals surface area contributed by atoms with Crippen molar-refractivity contribution in [1.82, 2.24) is 19.8 Å². The average Bonchev–Trinajstić information content (AvgIpc) is 3.23. The molecule has 1 aromatic carbocycles. The van der Waals surface area contributed by atoms with Gasteiger partial charge >= 0.3 is 6.03 Å². The van der Waals surface area contributed by atoms with Crippen molar-refractivity contribution in [3.05, 3.63) is 48.5 Å². The number of urea groups is 1. The van der Waals surface area contributed by atoms with E-state index >= 15 is 0 Å². The van der Waals surface area contributed by atoms with E-state index in [1.54, 1.807) is 24.7 Å². The van der Waals surface area contributed by atoms with Crippen LogP contribution in [0.4, 0.5) is 4.79 Å². The molecule has 1 saturated carbocycles. The SMILES string of the molecule is O=C(NCCn1ccnc1)N(Cc1ccc(O)cc1)C1CC1. The van der Waals surface area contributed by atoms with Gasteiger partial charge in [0, 0.05) is 38.1 Å². The first-order chi connectivity index (χ1) is 10.7. The fourth-order valence-corrected chi connectivity index (χ4v) is 2.36. The average molecular weight is 300 g/mol. The summed E-state index contributed by atoms with van der Waals surface area (Å²) in [5.74, 6) is 0.242. The van der Waals surface area contributed by atoms with Gasteiger partial charge in [-0.3, -0.25) is 0 Å². The van der Waals surface area contributed by atoms with E-state index < -0.39 is 0 Å². The second-order valence-electron chi connectivity index (χ2n) is 5.56. The van der Waals surface area contributed by atoms with Crippen molar-refractivity contribution in [2.45, 2.75) is 32.0 Å². The first-order valence-electron chi connectivity index (χ1n) is 7.50. The number of nitrogens with one attached hydrogen (secondary N) is 1. The van der Waals surface area contributed by atoms with Crippen LogP contribution in [-0.2, 0) is 13.1 Å². The van der Waals surface area contributed by atoms with Gasteiger partial charge in [-0.2, -0.15) is 0 Å². The fraction of sp³-hybridized carbons (Fsp3) is 0.375. The predicted octanol–water partition coefficient (Wildman–Crippen LogP) is 1.96. The van der Waals surface area contributed by atoms with Gasteiger partial charge in [0.15, 0.2) is 0 Å². The highest BCUT2D eigenvalue weighted by molar-refractivity contribution is 5.74. The Morgan fingerprint density at radius 1 is 1.36 bits per heavy atom. The van der Waals surface area contributed by atoms with Gasteiger partial charge in [0.2, 0.25) is 0 Å². The van der Waals surface area contributed by atoms with Gasteiger partial charge in [0.05, 0.1) is 6.33 Å². The molecule has 2 aromatic rings. The molecule has 0 atom stereocenters. The van der Waals surface area contributed by atoms with Gasteiger partial charge in [-0.05, 0) is 30.5 Å². The molecule has 2 N–H and O–H groups in total. The summed E-state index contributed by atoms with van der Waals surface area (Å²) in [6.07, 6.45) is 7.46. The quantitative estimate of drug-likeness (QED) is 0.857. The lowest BCUT2D eigenvalue weighted by molar-refractivity contribution is 0.191. The van der Waals surface area contributed by atoms with Gasteiger partial charge in [-0.1, -0.05) is 12.1 Å². The van der Waals surface area contributed by atoms with Crippen molar-refractivity contribution < 1.29 is 9.90 Å². The van der Waals surface area contributed by atoms with E-state index in [0.717, 1.165) is 18.4 Å². The molecule has 0 aliphatic heterocycles. The molecule has 0 spiro atoms. The first kappa shape index (κ1) is 14.4. The Balaban J connectivity index is 1.53. The fourth-order valence-electron chi connectivity index (χ4n) is 2.36. The molecule has 116 valence electrons. The molecule has 0 unspecified atom stereocenters. The molecule has 22 heavy (non-hydrogen) atoms. The predicted molar refractivity (Wildman–Crippen MR) is 82.3 cm³/mol. The molecule has 1 heterocycles. The summed E-state index contributed by atoms with van der Waals surface area (Å²) in [5, 5.41) is 12.3. The van der Waals surface area contributed by atoms with Crippen LogP contribution in [-0.4, -0.2) is 38.2 Å². The van der Waals surface area contributed by atoms with Gasteiger partial charge in [0.1, 0.15) is 5.75 Å². The molecule has 6 nitrogen and oxygen atoms in total. The Morgan fingerprint density at radius 2 is 2.14 bits per heavy atom. The first-order valence-corrected chi connectivity index (χ1v) is 7.50. The molecule has 1 aromatic heterocycles. The number of phenolic OH excluding ortho intramolecular Hbond substituents is 1. The van der Waals surface area contributed by atoms with Gasteiger partial charge in [-0.15, -0.1) is 0 Å². The zero-order chi connectivity index (χ0) is 15.4. The third kappa shape index (κ3) is 3.78. The highest BCUT2D eigenvalue weighted by Crippen LogP contribution is 2.28. The molecule has 0 radical (unpaired) electrons. The minimum Gasteiger partial charge on any atom is -0.508 e. The van der Waals surface area contributed by atoms with Crippen molar-refractivity contribution in [3.63, 3.8) is 0 Å². The number of phenols is 1. The number of aromatic nitrogens is 2. The van der Waals surface area contributed by atoms with Crippen molar-refractivity contribution in [2.24, 2.45) is 0 Å². The maximum absolute atomic E-state index is 12.4. The zero-order valence-electron chi connectivity index (χ0n) is 12.4. The topological polar surface area (TPSA) is 70.4 Å². The number of amides is 2. The van der Waals surface area contributed by atoms with E-state index in [4.69, 9.17) is 0 Å². The molecule has 1 fully saturated rings. The van der Waals surface area contributed by atoms with Crippen LogP contribution in [0.25, 0.3) is 0 Å². The Bertz CT molecular complexity index is 606. The van der Waals surface area contributed by atoms with Crippen LogP contribution < -0.4 is 5.32 Å². The second-order valence-corrected chi connectivity index (χ2v) is 5.56. The zero-order valence-corrected chi connectivity index (χ0v) is 12.4. The number of imidazole rings is 1. The summed E-state index contributed by atoms with van der Waals surface area (Å²) in [7, 11) is 0. The highest BCUT2D eigenvalue weighted by Gasteiger charge is 2.32. The monoisotopic (exact) mass is 300 g/mol. The maximum atomic E-state index is 12.4. The van der Waals surface area contributed by atoms with E-state index in [-0.39, 0.29) is 11.8 Å². The third-order valence-electron chi connectivity index (χ3n) is 3.74. The van der Waals surface area contributed by atoms with Crippen LogP contribution in [0.2, 0.25) is 0 Å². The van der Waals surface area contributed by atoms with E-state index in [1.165, 1.54) is 0 Å². The van der Waals surface area contributed by atoms with E-state index in [9.17, 15) is 9.90 Å². The largest absolute Gasteiger partial charge is 0.508 e. The van der Waals surface area contributed by atoms with Crippen LogP contribution >= 0.6 is 0 Å². The van der Waals surface area contributed by atoms with Crippen molar-refractivity contribution in [1.29, 1.82) is 0 Å². The van der Waals surface area contributed by atoms with Crippen LogP contribution in [0.1, 0.15) is 18.4 Å². The lowest BCUT2D eigenvalue weighted by Crippen LogP contribution is -2.42. The second kappa shape index (κ2) is 6.51. The molecular weight excluding hydrogens is 280 g/mol. The van der Waals surface area contributed by atoms with Crippen LogP contribution in [0.3, 0.4) is 0 Å². The van der Waals surface area contributed by atoms with E-state index in [0.29, 0.717) is 25.7 Å². The molecule has 0 bridgehead atoms. The van der Waals surface area contributed by atoms with Crippen molar-refractivity contribution >= 4 is 6.03 Å². The van der Waals surface area contributed by atoms with Crippen molar-refractivity contribution in [2.75, 3.05) is 6.54 Å². The number of aromatic hydroxyl groups is 1. The third-order valence-corrected chi connectivity index (χ3v) is 3.74. The summed E-state index contributed by atoms with van der Waals surface area (Å²) in [5.41, 5.74) is 1.02. The number of hydrogen-bond donors (Lipinski definition) is 2. The Labute approximate surface area is 129 Å². The summed E-state index contributed by atoms with van der Waals surface area (Å²) < 4.78 is 1.93. The summed E-state index contributed by atoms with van der Waals surface area (Å²) >= 11 is 0. The summed E-state index contributed by atoms with van der Waals surface area (Å²) in [4.78, 5) is 18.2. The molecule has 1 aliphatic rings.